The predicted molar refractivity (Wildman–Crippen MR) is 68.2 cm³/mol. The normalized spacial score (nSPS) is 29.2. The topological polar surface area (TPSA) is 15.3 Å². The van der Waals surface area contributed by atoms with Crippen molar-refractivity contribution in [1.29, 1.82) is 0 Å². The zero-order chi connectivity index (χ0) is 11.0. The number of anilines is 1. The van der Waals surface area contributed by atoms with Gasteiger partial charge in [0, 0.05) is 29.3 Å². The summed E-state index contributed by atoms with van der Waals surface area (Å²) in [6, 6.07) is 9.65. The maximum atomic E-state index is 5.93. The molecule has 0 spiro atoms. The van der Waals surface area contributed by atoms with E-state index in [1.54, 1.807) is 0 Å². The Morgan fingerprint density at radius 1 is 1.19 bits per heavy atom. The highest BCUT2D eigenvalue weighted by Crippen LogP contribution is 2.30. The van der Waals surface area contributed by atoms with Crippen LogP contribution in [-0.4, -0.2) is 25.2 Å². The summed E-state index contributed by atoms with van der Waals surface area (Å²) in [4.78, 5) is 2.55. The maximum Gasteiger partial charge on any atom is 0.0455 e. The van der Waals surface area contributed by atoms with E-state index >= 15 is 0 Å². The van der Waals surface area contributed by atoms with Crippen molar-refractivity contribution in [2.24, 2.45) is 0 Å². The minimum Gasteiger partial charge on any atom is -0.367 e. The first-order chi connectivity index (χ1) is 7.84. The number of piperidine rings is 1. The fourth-order valence-corrected chi connectivity index (χ4v) is 3.15. The molecule has 2 heterocycles. The Labute approximate surface area is 102 Å². The summed E-state index contributed by atoms with van der Waals surface area (Å²) in [6.45, 7) is 2.35. The molecule has 2 nitrogen and oxygen atoms in total. The molecule has 0 bridgehead atoms. The average Bonchev–Trinajstić information content (AvgIpc) is 2.78. The lowest BCUT2D eigenvalue weighted by molar-refractivity contribution is 0.412. The van der Waals surface area contributed by atoms with Crippen LogP contribution in [0.3, 0.4) is 0 Å². The van der Waals surface area contributed by atoms with Gasteiger partial charge in [-0.15, -0.1) is 0 Å². The Balaban J connectivity index is 1.85. The molecule has 3 rings (SSSR count). The average molecular weight is 237 g/mol. The first-order valence-electron chi connectivity index (χ1n) is 6.10. The minimum atomic E-state index is 0.690. The smallest absolute Gasteiger partial charge is 0.0455 e. The second-order valence-corrected chi connectivity index (χ2v) is 5.17. The van der Waals surface area contributed by atoms with Crippen LogP contribution in [0, 0.1) is 0 Å². The second kappa shape index (κ2) is 4.27. The van der Waals surface area contributed by atoms with Crippen molar-refractivity contribution in [3.63, 3.8) is 0 Å². The van der Waals surface area contributed by atoms with Gasteiger partial charge in [-0.05, 0) is 50.1 Å². The summed E-state index contributed by atoms with van der Waals surface area (Å²) in [7, 11) is 0. The van der Waals surface area contributed by atoms with Gasteiger partial charge in [-0.3, -0.25) is 0 Å². The van der Waals surface area contributed by atoms with Crippen LogP contribution < -0.4 is 10.2 Å². The van der Waals surface area contributed by atoms with Crippen LogP contribution in [0.4, 0.5) is 5.69 Å². The molecule has 2 aliphatic rings. The zero-order valence-corrected chi connectivity index (χ0v) is 10.1. The van der Waals surface area contributed by atoms with Crippen LogP contribution in [0.15, 0.2) is 24.3 Å². The highest BCUT2D eigenvalue weighted by atomic mass is 35.5. The third-order valence-corrected chi connectivity index (χ3v) is 4.04. The number of nitrogens with zero attached hydrogens (tertiary/aromatic N) is 1. The van der Waals surface area contributed by atoms with E-state index in [4.69, 9.17) is 11.6 Å². The van der Waals surface area contributed by atoms with Crippen molar-refractivity contribution in [1.82, 2.24) is 5.32 Å². The molecule has 16 heavy (non-hydrogen) atoms. The molecule has 0 radical (unpaired) electrons. The van der Waals surface area contributed by atoms with Gasteiger partial charge >= 0.3 is 0 Å². The fourth-order valence-electron chi connectivity index (χ4n) is 3.02. The third-order valence-electron chi connectivity index (χ3n) is 3.78. The first kappa shape index (κ1) is 10.4. The largest absolute Gasteiger partial charge is 0.367 e. The summed E-state index contributed by atoms with van der Waals surface area (Å²) in [6.07, 6.45) is 3.89. The summed E-state index contributed by atoms with van der Waals surface area (Å²) < 4.78 is 0. The number of halogens is 1. The van der Waals surface area contributed by atoms with Gasteiger partial charge in [0.2, 0.25) is 0 Å². The molecule has 1 N–H and O–H groups in total. The van der Waals surface area contributed by atoms with E-state index in [0.717, 1.165) is 5.02 Å². The van der Waals surface area contributed by atoms with Crippen LogP contribution >= 0.6 is 11.6 Å². The molecule has 3 heteroatoms. The molecule has 2 unspecified atom stereocenters. The van der Waals surface area contributed by atoms with Gasteiger partial charge in [0.05, 0.1) is 0 Å². The molecule has 0 amide bonds. The Bertz CT molecular complexity index is 363. The summed E-state index contributed by atoms with van der Waals surface area (Å²) in [5.74, 6) is 0. The van der Waals surface area contributed by atoms with E-state index in [0.29, 0.717) is 12.1 Å². The quantitative estimate of drug-likeness (QED) is 0.807. The molecule has 2 aliphatic heterocycles. The first-order valence-corrected chi connectivity index (χ1v) is 6.48. The zero-order valence-electron chi connectivity index (χ0n) is 9.32. The van der Waals surface area contributed by atoms with Crippen LogP contribution in [-0.2, 0) is 0 Å². The monoisotopic (exact) mass is 236 g/mol. The Kier molecular flexibility index (Phi) is 2.78. The van der Waals surface area contributed by atoms with Crippen LogP contribution in [0.2, 0.25) is 5.02 Å². The molecule has 1 aromatic rings. The molecule has 2 atom stereocenters. The fraction of sp³-hybridized carbons (Fsp3) is 0.538. The van der Waals surface area contributed by atoms with Crippen LogP contribution in [0.5, 0.6) is 0 Å². The van der Waals surface area contributed by atoms with Crippen molar-refractivity contribution in [3.8, 4) is 0 Å². The van der Waals surface area contributed by atoms with E-state index in [1.807, 2.05) is 12.1 Å². The van der Waals surface area contributed by atoms with Gasteiger partial charge in [-0.2, -0.15) is 0 Å². The van der Waals surface area contributed by atoms with Gasteiger partial charge in [-0.1, -0.05) is 11.6 Å². The lowest BCUT2D eigenvalue weighted by atomic mass is 9.97. The predicted octanol–water partition coefficient (Wildman–Crippen LogP) is 2.67. The van der Waals surface area contributed by atoms with Gasteiger partial charge in [0.15, 0.2) is 0 Å². The summed E-state index contributed by atoms with van der Waals surface area (Å²) in [5, 5.41) is 4.42. The van der Waals surface area contributed by atoms with E-state index < -0.39 is 0 Å². The highest BCUT2D eigenvalue weighted by Gasteiger charge is 2.34. The molecule has 0 saturated carbocycles. The summed E-state index contributed by atoms with van der Waals surface area (Å²) in [5.41, 5.74) is 1.32. The van der Waals surface area contributed by atoms with E-state index in [1.165, 1.54) is 38.0 Å². The van der Waals surface area contributed by atoms with E-state index in [-0.39, 0.29) is 0 Å². The molecule has 0 aliphatic carbocycles. The van der Waals surface area contributed by atoms with Crippen molar-refractivity contribution >= 4 is 17.3 Å². The lowest BCUT2D eigenvalue weighted by Gasteiger charge is -2.39. The number of hydrogen-bond donors (Lipinski definition) is 1. The number of nitrogens with one attached hydrogen (secondary N) is 1. The standard InChI is InChI=1S/C13H17ClN2/c14-10-3-5-11(6-4-10)16-9-1-2-12-13(16)7-8-15-12/h3-6,12-13,15H,1-2,7-9H2. The van der Waals surface area contributed by atoms with Gasteiger partial charge in [0.1, 0.15) is 0 Å². The number of benzene rings is 1. The Morgan fingerprint density at radius 2 is 2.00 bits per heavy atom. The van der Waals surface area contributed by atoms with Gasteiger partial charge < -0.3 is 10.2 Å². The number of fused-ring (bicyclic) bond motifs is 1. The Morgan fingerprint density at radius 3 is 2.81 bits per heavy atom. The van der Waals surface area contributed by atoms with E-state index in [2.05, 4.69) is 22.3 Å². The molecule has 2 saturated heterocycles. The maximum absolute atomic E-state index is 5.93. The highest BCUT2D eigenvalue weighted by molar-refractivity contribution is 6.30. The molecular weight excluding hydrogens is 220 g/mol. The van der Waals surface area contributed by atoms with Crippen molar-refractivity contribution in [2.45, 2.75) is 31.3 Å². The molecule has 1 aromatic carbocycles. The van der Waals surface area contributed by atoms with Gasteiger partial charge in [-0.25, -0.2) is 0 Å². The minimum absolute atomic E-state index is 0.690. The van der Waals surface area contributed by atoms with Crippen LogP contribution in [0.25, 0.3) is 0 Å². The lowest BCUT2D eigenvalue weighted by Crippen LogP contribution is -2.48. The molecule has 2 fully saturated rings. The molecular formula is C13H17ClN2. The van der Waals surface area contributed by atoms with Crippen molar-refractivity contribution < 1.29 is 0 Å². The van der Waals surface area contributed by atoms with Crippen molar-refractivity contribution in [2.75, 3.05) is 18.0 Å². The third kappa shape index (κ3) is 1.80. The van der Waals surface area contributed by atoms with E-state index in [9.17, 15) is 0 Å². The SMILES string of the molecule is Clc1ccc(N2CCCC3NCCC32)cc1. The molecule has 0 aromatic heterocycles. The summed E-state index contributed by atoms with van der Waals surface area (Å²) >= 11 is 5.93. The second-order valence-electron chi connectivity index (χ2n) is 4.73. The van der Waals surface area contributed by atoms with Crippen LogP contribution in [0.1, 0.15) is 19.3 Å². The van der Waals surface area contributed by atoms with Crippen molar-refractivity contribution in [3.05, 3.63) is 29.3 Å². The number of hydrogen-bond acceptors (Lipinski definition) is 2. The number of rotatable bonds is 1. The Hall–Kier alpha value is -0.730. The van der Waals surface area contributed by atoms with Gasteiger partial charge in [0.25, 0.3) is 0 Å². The molecule has 86 valence electrons.